The maximum atomic E-state index is 11.4. The van der Waals surface area contributed by atoms with E-state index in [0.29, 0.717) is 17.1 Å². The monoisotopic (exact) mass is 273 g/mol. The third-order valence-electron chi connectivity index (χ3n) is 3.44. The van der Waals surface area contributed by atoms with Crippen molar-refractivity contribution in [2.75, 3.05) is 5.32 Å². The van der Waals surface area contributed by atoms with E-state index in [2.05, 4.69) is 36.3 Å². The molecule has 5 heteroatoms. The van der Waals surface area contributed by atoms with Crippen LogP contribution in [0.3, 0.4) is 0 Å². The first kappa shape index (κ1) is 14.2. The van der Waals surface area contributed by atoms with Crippen molar-refractivity contribution in [3.63, 3.8) is 0 Å². The average molecular weight is 273 g/mol. The van der Waals surface area contributed by atoms with Gasteiger partial charge in [-0.2, -0.15) is 0 Å². The normalized spacial score (nSPS) is 12.6. The standard InChI is InChI=1S/C15H19N3O2/c1-4-11(9(2)3)16-13-10-7-5-6-8-12(10)17-18-14(13)15(19)20/h5-9,11H,4H2,1-3H3,(H,16,17)(H,19,20). The van der Waals surface area contributed by atoms with Crippen LogP contribution in [0.4, 0.5) is 5.69 Å². The molecule has 106 valence electrons. The zero-order valence-electron chi connectivity index (χ0n) is 11.9. The van der Waals surface area contributed by atoms with Gasteiger partial charge in [0.1, 0.15) is 0 Å². The van der Waals surface area contributed by atoms with Gasteiger partial charge in [-0.25, -0.2) is 4.79 Å². The maximum absolute atomic E-state index is 11.4. The Morgan fingerprint density at radius 3 is 2.60 bits per heavy atom. The predicted octanol–water partition coefficient (Wildman–Crippen LogP) is 3.17. The lowest BCUT2D eigenvalue weighted by Gasteiger charge is -2.23. The number of nitrogens with zero attached hydrogens (tertiary/aromatic N) is 2. The van der Waals surface area contributed by atoms with Gasteiger partial charge in [-0.05, 0) is 18.4 Å². The van der Waals surface area contributed by atoms with Crippen LogP contribution in [-0.4, -0.2) is 27.3 Å². The molecule has 1 heterocycles. The summed E-state index contributed by atoms with van der Waals surface area (Å²) in [5.41, 5.74) is 1.23. The van der Waals surface area contributed by atoms with Gasteiger partial charge in [0.25, 0.3) is 0 Å². The van der Waals surface area contributed by atoms with Crippen molar-refractivity contribution in [1.82, 2.24) is 10.2 Å². The minimum Gasteiger partial charge on any atom is -0.476 e. The number of hydrogen-bond acceptors (Lipinski definition) is 4. The van der Waals surface area contributed by atoms with E-state index in [9.17, 15) is 9.90 Å². The highest BCUT2D eigenvalue weighted by Gasteiger charge is 2.20. The van der Waals surface area contributed by atoms with Crippen LogP contribution in [0.2, 0.25) is 0 Å². The van der Waals surface area contributed by atoms with E-state index < -0.39 is 5.97 Å². The number of rotatable bonds is 5. The van der Waals surface area contributed by atoms with E-state index in [-0.39, 0.29) is 11.7 Å². The molecule has 1 aromatic carbocycles. The highest BCUT2D eigenvalue weighted by atomic mass is 16.4. The molecule has 2 aromatic rings. The van der Waals surface area contributed by atoms with E-state index >= 15 is 0 Å². The Morgan fingerprint density at radius 1 is 1.30 bits per heavy atom. The third kappa shape index (κ3) is 2.71. The lowest BCUT2D eigenvalue weighted by Crippen LogP contribution is -2.26. The van der Waals surface area contributed by atoms with Crippen LogP contribution in [0.1, 0.15) is 37.7 Å². The Labute approximate surface area is 118 Å². The van der Waals surface area contributed by atoms with Crippen LogP contribution in [0.25, 0.3) is 10.9 Å². The Bertz CT molecular complexity index is 626. The summed E-state index contributed by atoms with van der Waals surface area (Å²) in [4.78, 5) is 11.4. The zero-order valence-corrected chi connectivity index (χ0v) is 11.9. The Morgan fingerprint density at radius 2 is 2.00 bits per heavy atom. The van der Waals surface area contributed by atoms with Crippen LogP contribution in [-0.2, 0) is 0 Å². The van der Waals surface area contributed by atoms with E-state index in [1.54, 1.807) is 0 Å². The number of aromatic nitrogens is 2. The van der Waals surface area contributed by atoms with Gasteiger partial charge in [0.15, 0.2) is 5.69 Å². The van der Waals surface area contributed by atoms with E-state index in [0.717, 1.165) is 11.8 Å². The fourth-order valence-corrected chi connectivity index (χ4v) is 2.28. The Balaban J connectivity index is 2.57. The number of carboxylic acids is 1. The SMILES string of the molecule is CCC(Nc1c(C(=O)O)nnc2ccccc12)C(C)C. The van der Waals surface area contributed by atoms with Gasteiger partial charge in [0, 0.05) is 11.4 Å². The highest BCUT2D eigenvalue weighted by molar-refractivity contribution is 6.02. The van der Waals surface area contributed by atoms with Crippen molar-refractivity contribution in [2.24, 2.45) is 5.92 Å². The Kier molecular flexibility index (Phi) is 4.17. The minimum atomic E-state index is -1.07. The molecule has 20 heavy (non-hydrogen) atoms. The molecule has 1 atom stereocenters. The molecule has 5 nitrogen and oxygen atoms in total. The average Bonchev–Trinajstić information content (AvgIpc) is 2.43. The molecule has 1 aromatic heterocycles. The lowest BCUT2D eigenvalue weighted by atomic mass is 10.0. The second-order valence-electron chi connectivity index (χ2n) is 5.15. The quantitative estimate of drug-likeness (QED) is 0.875. The number of carbonyl (C=O) groups is 1. The highest BCUT2D eigenvalue weighted by Crippen LogP contribution is 2.26. The van der Waals surface area contributed by atoms with Gasteiger partial charge in [-0.1, -0.05) is 39.0 Å². The molecule has 0 spiro atoms. The number of fused-ring (bicyclic) bond motifs is 1. The summed E-state index contributed by atoms with van der Waals surface area (Å²) in [7, 11) is 0. The number of aromatic carboxylic acids is 1. The molecule has 0 saturated heterocycles. The second kappa shape index (κ2) is 5.86. The molecule has 1 unspecified atom stereocenters. The topological polar surface area (TPSA) is 75.1 Å². The molecular formula is C15H19N3O2. The summed E-state index contributed by atoms with van der Waals surface area (Å²) in [5, 5.41) is 21.2. The van der Waals surface area contributed by atoms with Crippen LogP contribution >= 0.6 is 0 Å². The summed E-state index contributed by atoms with van der Waals surface area (Å²) < 4.78 is 0. The molecular weight excluding hydrogens is 254 g/mol. The first-order chi connectivity index (χ1) is 9.54. The predicted molar refractivity (Wildman–Crippen MR) is 79.0 cm³/mol. The van der Waals surface area contributed by atoms with Gasteiger partial charge in [-0.3, -0.25) is 0 Å². The summed E-state index contributed by atoms with van der Waals surface area (Å²) >= 11 is 0. The first-order valence-electron chi connectivity index (χ1n) is 6.79. The molecule has 0 fully saturated rings. The molecule has 0 radical (unpaired) electrons. The van der Waals surface area contributed by atoms with Crippen LogP contribution in [0.5, 0.6) is 0 Å². The number of hydrogen-bond donors (Lipinski definition) is 2. The van der Waals surface area contributed by atoms with E-state index in [1.807, 2.05) is 24.3 Å². The van der Waals surface area contributed by atoms with Crippen molar-refractivity contribution in [2.45, 2.75) is 33.2 Å². The van der Waals surface area contributed by atoms with Gasteiger partial charge < -0.3 is 10.4 Å². The maximum Gasteiger partial charge on any atom is 0.358 e. The largest absolute Gasteiger partial charge is 0.476 e. The number of anilines is 1. The van der Waals surface area contributed by atoms with Crippen molar-refractivity contribution in [3.8, 4) is 0 Å². The van der Waals surface area contributed by atoms with Gasteiger partial charge in [0.2, 0.25) is 0 Å². The van der Waals surface area contributed by atoms with Crippen LogP contribution in [0, 0.1) is 5.92 Å². The smallest absolute Gasteiger partial charge is 0.358 e. The molecule has 0 aliphatic rings. The third-order valence-corrected chi connectivity index (χ3v) is 3.44. The van der Waals surface area contributed by atoms with Gasteiger partial charge in [0.05, 0.1) is 11.2 Å². The molecule has 2 N–H and O–H groups in total. The fourth-order valence-electron chi connectivity index (χ4n) is 2.28. The number of benzene rings is 1. The summed E-state index contributed by atoms with van der Waals surface area (Å²) in [6, 6.07) is 7.63. The molecule has 0 saturated carbocycles. The van der Waals surface area contributed by atoms with Crippen LogP contribution < -0.4 is 5.32 Å². The minimum absolute atomic E-state index is 0.0252. The van der Waals surface area contributed by atoms with Crippen molar-refractivity contribution in [1.29, 1.82) is 0 Å². The van der Waals surface area contributed by atoms with Crippen molar-refractivity contribution >= 4 is 22.6 Å². The lowest BCUT2D eigenvalue weighted by molar-refractivity contribution is 0.0690. The fraction of sp³-hybridized carbons (Fsp3) is 0.400. The molecule has 0 aliphatic carbocycles. The summed E-state index contributed by atoms with van der Waals surface area (Å²) in [6.07, 6.45) is 0.910. The summed E-state index contributed by atoms with van der Waals surface area (Å²) in [5.74, 6) is -0.669. The van der Waals surface area contributed by atoms with Gasteiger partial charge >= 0.3 is 5.97 Å². The summed E-state index contributed by atoms with van der Waals surface area (Å²) in [6.45, 7) is 6.30. The van der Waals surface area contributed by atoms with Crippen molar-refractivity contribution in [3.05, 3.63) is 30.0 Å². The van der Waals surface area contributed by atoms with Gasteiger partial charge in [-0.15, -0.1) is 10.2 Å². The number of nitrogens with one attached hydrogen (secondary N) is 1. The first-order valence-corrected chi connectivity index (χ1v) is 6.79. The second-order valence-corrected chi connectivity index (χ2v) is 5.15. The molecule has 2 rings (SSSR count). The van der Waals surface area contributed by atoms with E-state index in [1.165, 1.54) is 0 Å². The van der Waals surface area contributed by atoms with Crippen LogP contribution in [0.15, 0.2) is 24.3 Å². The van der Waals surface area contributed by atoms with E-state index in [4.69, 9.17) is 0 Å². The Hall–Kier alpha value is -2.17. The molecule has 0 aliphatic heterocycles. The zero-order chi connectivity index (χ0) is 14.7. The number of carboxylic acid groups (broad SMARTS) is 1. The molecule has 0 amide bonds. The molecule has 0 bridgehead atoms. The van der Waals surface area contributed by atoms with Crippen molar-refractivity contribution < 1.29 is 9.90 Å².